The van der Waals surface area contributed by atoms with Crippen molar-refractivity contribution in [2.75, 3.05) is 19.3 Å². The van der Waals surface area contributed by atoms with Crippen molar-refractivity contribution in [1.82, 2.24) is 14.5 Å². The molecule has 1 aliphatic heterocycles. The van der Waals surface area contributed by atoms with Crippen LogP contribution in [0.25, 0.3) is 16.7 Å². The standard InChI is InChI=1S/C25H31N3O5S/c1-25(2,3)33-24(29)27-12-9-20(10-13-27)32-17-18-7-11-26-23(15-18)28-14-8-19-16-21(34(4,30)31)5-6-22(19)28/h5-8,11,14-16,20H,9-10,12-13,17H2,1-4H3. The molecule has 0 radical (unpaired) electrons. The summed E-state index contributed by atoms with van der Waals surface area (Å²) in [4.78, 5) is 18.8. The molecule has 0 saturated carbocycles. The van der Waals surface area contributed by atoms with Gasteiger partial charge in [0.2, 0.25) is 0 Å². The van der Waals surface area contributed by atoms with Crippen LogP contribution in [0.5, 0.6) is 0 Å². The van der Waals surface area contributed by atoms with Gasteiger partial charge in [0.25, 0.3) is 0 Å². The number of piperidine rings is 1. The van der Waals surface area contributed by atoms with E-state index in [0.29, 0.717) is 24.6 Å². The fraction of sp³-hybridized carbons (Fsp3) is 0.440. The number of hydrogen-bond acceptors (Lipinski definition) is 6. The van der Waals surface area contributed by atoms with Gasteiger partial charge >= 0.3 is 6.09 Å². The van der Waals surface area contributed by atoms with Crippen molar-refractivity contribution in [2.45, 2.75) is 56.8 Å². The van der Waals surface area contributed by atoms with Gasteiger partial charge in [-0.15, -0.1) is 0 Å². The number of benzene rings is 1. The first-order valence-electron chi connectivity index (χ1n) is 11.4. The summed E-state index contributed by atoms with van der Waals surface area (Å²) in [5, 5.41) is 0.836. The average Bonchev–Trinajstić information content (AvgIpc) is 3.20. The van der Waals surface area contributed by atoms with E-state index in [1.165, 1.54) is 6.26 Å². The minimum atomic E-state index is -3.26. The van der Waals surface area contributed by atoms with E-state index in [2.05, 4.69) is 4.98 Å². The molecule has 1 aromatic carbocycles. The van der Waals surface area contributed by atoms with Crippen LogP contribution in [0.3, 0.4) is 0 Å². The molecule has 1 aliphatic rings. The Morgan fingerprint density at radius 1 is 1.12 bits per heavy atom. The second-order valence-electron chi connectivity index (χ2n) is 9.68. The normalized spacial score (nSPS) is 15.6. The van der Waals surface area contributed by atoms with Crippen LogP contribution in [0.1, 0.15) is 39.2 Å². The summed E-state index contributed by atoms with van der Waals surface area (Å²) in [6.45, 7) is 7.29. The monoisotopic (exact) mass is 485 g/mol. The largest absolute Gasteiger partial charge is 0.444 e. The molecule has 9 heteroatoms. The summed E-state index contributed by atoms with van der Waals surface area (Å²) in [6.07, 6.45) is 6.18. The van der Waals surface area contributed by atoms with Gasteiger partial charge in [-0.2, -0.15) is 0 Å². The van der Waals surface area contributed by atoms with Crippen LogP contribution in [-0.4, -0.2) is 60.0 Å². The van der Waals surface area contributed by atoms with E-state index in [9.17, 15) is 13.2 Å². The highest BCUT2D eigenvalue weighted by molar-refractivity contribution is 7.90. The quantitative estimate of drug-likeness (QED) is 0.534. The van der Waals surface area contributed by atoms with Crippen molar-refractivity contribution < 1.29 is 22.7 Å². The first kappa shape index (κ1) is 24.2. The van der Waals surface area contributed by atoms with Crippen molar-refractivity contribution in [3.05, 3.63) is 54.4 Å². The lowest BCUT2D eigenvalue weighted by atomic mass is 10.1. The zero-order chi connectivity index (χ0) is 24.5. The zero-order valence-electron chi connectivity index (χ0n) is 20.0. The molecule has 0 spiro atoms. The molecule has 4 rings (SSSR count). The molecule has 182 valence electrons. The van der Waals surface area contributed by atoms with Crippen LogP contribution >= 0.6 is 0 Å². The van der Waals surface area contributed by atoms with Gasteiger partial charge in [0.05, 0.1) is 23.1 Å². The minimum Gasteiger partial charge on any atom is -0.444 e. The van der Waals surface area contributed by atoms with E-state index in [1.807, 2.05) is 49.7 Å². The number of fused-ring (bicyclic) bond motifs is 1. The molecule has 2 aromatic heterocycles. The lowest BCUT2D eigenvalue weighted by Gasteiger charge is -2.33. The van der Waals surface area contributed by atoms with E-state index >= 15 is 0 Å². The van der Waals surface area contributed by atoms with E-state index in [-0.39, 0.29) is 12.2 Å². The molecule has 0 N–H and O–H groups in total. The number of carbonyl (C=O) groups excluding carboxylic acids is 1. The topological polar surface area (TPSA) is 90.7 Å². The molecule has 1 amide bonds. The number of likely N-dealkylation sites (tertiary alicyclic amines) is 1. The van der Waals surface area contributed by atoms with E-state index in [4.69, 9.17) is 9.47 Å². The zero-order valence-corrected chi connectivity index (χ0v) is 20.8. The Balaban J connectivity index is 1.38. The summed E-state index contributed by atoms with van der Waals surface area (Å²) in [7, 11) is -3.26. The van der Waals surface area contributed by atoms with E-state index in [1.54, 1.807) is 29.3 Å². The molecule has 1 fully saturated rings. The Hall–Kier alpha value is -2.91. The Kier molecular flexibility index (Phi) is 6.69. The highest BCUT2D eigenvalue weighted by Crippen LogP contribution is 2.24. The van der Waals surface area contributed by atoms with E-state index < -0.39 is 15.4 Å². The van der Waals surface area contributed by atoms with Crippen LogP contribution in [-0.2, 0) is 25.9 Å². The Morgan fingerprint density at radius 3 is 2.53 bits per heavy atom. The Labute approximate surface area is 200 Å². The molecule has 1 saturated heterocycles. The van der Waals surface area contributed by atoms with Crippen molar-refractivity contribution in [1.29, 1.82) is 0 Å². The van der Waals surface area contributed by atoms with Gasteiger partial charge in [-0.25, -0.2) is 18.2 Å². The summed E-state index contributed by atoms with van der Waals surface area (Å²) in [6, 6.07) is 10.9. The van der Waals surface area contributed by atoms with Gasteiger partial charge in [0.15, 0.2) is 9.84 Å². The SMILES string of the molecule is CC(C)(C)OC(=O)N1CCC(OCc2ccnc(-n3ccc4cc(S(C)(=O)=O)ccc43)c2)CC1. The number of sulfone groups is 1. The van der Waals surface area contributed by atoms with Crippen molar-refractivity contribution in [3.63, 3.8) is 0 Å². The number of ether oxygens (including phenoxy) is 2. The second kappa shape index (κ2) is 9.38. The van der Waals surface area contributed by atoms with Gasteiger partial charge in [0.1, 0.15) is 11.4 Å². The third-order valence-electron chi connectivity index (χ3n) is 5.73. The fourth-order valence-electron chi connectivity index (χ4n) is 3.98. The molecular formula is C25H31N3O5S. The van der Waals surface area contributed by atoms with Crippen LogP contribution in [0.15, 0.2) is 53.7 Å². The maximum Gasteiger partial charge on any atom is 0.410 e. The lowest BCUT2D eigenvalue weighted by Crippen LogP contribution is -2.43. The first-order chi connectivity index (χ1) is 16.0. The van der Waals surface area contributed by atoms with Crippen LogP contribution in [0.2, 0.25) is 0 Å². The molecule has 3 heterocycles. The van der Waals surface area contributed by atoms with Crippen LogP contribution in [0, 0.1) is 0 Å². The number of aromatic nitrogens is 2. The molecular weight excluding hydrogens is 454 g/mol. The third-order valence-corrected chi connectivity index (χ3v) is 6.84. The molecule has 0 bridgehead atoms. The van der Waals surface area contributed by atoms with Crippen LogP contribution < -0.4 is 0 Å². The molecule has 0 unspecified atom stereocenters. The smallest absolute Gasteiger partial charge is 0.410 e. The second-order valence-corrected chi connectivity index (χ2v) is 11.7. The molecule has 8 nitrogen and oxygen atoms in total. The summed E-state index contributed by atoms with van der Waals surface area (Å²) >= 11 is 0. The van der Waals surface area contributed by atoms with Gasteiger partial charge in [0, 0.05) is 37.1 Å². The van der Waals surface area contributed by atoms with Gasteiger partial charge < -0.3 is 18.9 Å². The predicted octanol–water partition coefficient (Wildman–Crippen LogP) is 4.35. The fourth-order valence-corrected chi connectivity index (χ4v) is 4.64. The number of carbonyl (C=O) groups is 1. The van der Waals surface area contributed by atoms with Gasteiger partial charge in [-0.1, -0.05) is 0 Å². The lowest BCUT2D eigenvalue weighted by molar-refractivity contribution is -0.0170. The molecule has 34 heavy (non-hydrogen) atoms. The highest BCUT2D eigenvalue weighted by atomic mass is 32.2. The van der Waals surface area contributed by atoms with E-state index in [0.717, 1.165) is 35.1 Å². The number of hydrogen-bond donors (Lipinski definition) is 0. The molecule has 3 aromatic rings. The van der Waals surface area contributed by atoms with Crippen molar-refractivity contribution in [3.8, 4) is 5.82 Å². The molecule has 0 atom stereocenters. The Morgan fingerprint density at radius 2 is 1.85 bits per heavy atom. The number of amides is 1. The van der Waals surface area contributed by atoms with Gasteiger partial charge in [-0.3, -0.25) is 0 Å². The average molecular weight is 486 g/mol. The number of nitrogens with zero attached hydrogens (tertiary/aromatic N) is 3. The summed E-state index contributed by atoms with van der Waals surface area (Å²) in [5.41, 5.74) is 1.38. The third kappa shape index (κ3) is 5.77. The first-order valence-corrected chi connectivity index (χ1v) is 13.2. The summed E-state index contributed by atoms with van der Waals surface area (Å²) < 4.78 is 37.2. The van der Waals surface area contributed by atoms with Crippen LogP contribution in [0.4, 0.5) is 4.79 Å². The minimum absolute atomic E-state index is 0.0807. The molecule has 0 aliphatic carbocycles. The summed E-state index contributed by atoms with van der Waals surface area (Å²) in [5.74, 6) is 0.739. The Bertz CT molecular complexity index is 1290. The van der Waals surface area contributed by atoms with Crippen molar-refractivity contribution >= 4 is 26.8 Å². The number of rotatable bonds is 5. The maximum absolute atomic E-state index is 12.2. The number of pyridine rings is 1. The highest BCUT2D eigenvalue weighted by Gasteiger charge is 2.27. The van der Waals surface area contributed by atoms with Gasteiger partial charge in [-0.05, 0) is 75.6 Å². The van der Waals surface area contributed by atoms with Crippen molar-refractivity contribution in [2.24, 2.45) is 0 Å². The predicted molar refractivity (Wildman–Crippen MR) is 130 cm³/mol. The maximum atomic E-state index is 12.2.